The molecule has 0 atom stereocenters. The van der Waals surface area contributed by atoms with E-state index in [1.807, 2.05) is 0 Å². The molecule has 1 heterocycles. The lowest BCUT2D eigenvalue weighted by molar-refractivity contribution is 0.947. The van der Waals surface area contributed by atoms with E-state index < -0.39 is 0 Å². The molecule has 0 spiro atoms. The van der Waals surface area contributed by atoms with Crippen molar-refractivity contribution in [1.29, 1.82) is 0 Å². The van der Waals surface area contributed by atoms with Crippen molar-refractivity contribution in [2.24, 2.45) is 0 Å². The van der Waals surface area contributed by atoms with E-state index in [0.717, 1.165) is 12.8 Å². The third-order valence-corrected chi connectivity index (χ3v) is 3.99. The van der Waals surface area contributed by atoms with Crippen molar-refractivity contribution in [3.05, 3.63) is 59.2 Å². The number of hydrogen-bond donors (Lipinski definition) is 1. The van der Waals surface area contributed by atoms with Crippen LogP contribution in [0.3, 0.4) is 0 Å². The zero-order valence-corrected chi connectivity index (χ0v) is 10.5. The lowest BCUT2D eigenvalue weighted by Crippen LogP contribution is -2.02. The maximum absolute atomic E-state index is 3.60. The van der Waals surface area contributed by atoms with Crippen molar-refractivity contribution in [2.45, 2.75) is 19.8 Å². The van der Waals surface area contributed by atoms with Gasteiger partial charge in [-0.15, -0.1) is 0 Å². The normalized spacial score (nSPS) is 13.4. The van der Waals surface area contributed by atoms with Crippen LogP contribution in [0.2, 0.25) is 0 Å². The summed E-state index contributed by atoms with van der Waals surface area (Å²) in [6.07, 6.45) is 2.31. The van der Waals surface area contributed by atoms with E-state index in [1.54, 1.807) is 0 Å². The van der Waals surface area contributed by atoms with Crippen LogP contribution in [0, 0.1) is 6.92 Å². The summed E-state index contributed by atoms with van der Waals surface area (Å²) in [6.45, 7) is 2.16. The predicted octanol–water partition coefficient (Wildman–Crippen LogP) is 4.24. The van der Waals surface area contributed by atoms with Gasteiger partial charge in [-0.2, -0.15) is 0 Å². The fourth-order valence-electron chi connectivity index (χ4n) is 3.09. The van der Waals surface area contributed by atoms with Gasteiger partial charge in [0.1, 0.15) is 0 Å². The minimum Gasteiger partial charge on any atom is -0.354 e. The van der Waals surface area contributed by atoms with E-state index >= 15 is 0 Å². The number of aromatic nitrogens is 1. The summed E-state index contributed by atoms with van der Waals surface area (Å²) in [5.74, 6) is 0. The molecule has 0 radical (unpaired) electrons. The van der Waals surface area contributed by atoms with Crippen molar-refractivity contribution in [3.63, 3.8) is 0 Å². The van der Waals surface area contributed by atoms with Crippen molar-refractivity contribution in [1.82, 2.24) is 4.98 Å². The summed E-state index contributed by atoms with van der Waals surface area (Å²) in [5, 5.41) is 1.40. The van der Waals surface area contributed by atoms with Gasteiger partial charge in [0.05, 0.1) is 0 Å². The smallest absolute Gasteiger partial charge is 0.0500 e. The molecule has 18 heavy (non-hydrogen) atoms. The molecule has 1 aromatic heterocycles. The van der Waals surface area contributed by atoms with Gasteiger partial charge in [-0.3, -0.25) is 0 Å². The van der Waals surface area contributed by atoms with Crippen LogP contribution in [0.25, 0.3) is 22.2 Å². The number of hydrogen-bond acceptors (Lipinski definition) is 0. The number of H-pyrrole nitrogens is 1. The number of aromatic amines is 1. The lowest BCUT2D eigenvalue weighted by Gasteiger charge is -2.16. The van der Waals surface area contributed by atoms with Gasteiger partial charge in [0.25, 0.3) is 0 Å². The van der Waals surface area contributed by atoms with Crippen molar-refractivity contribution in [3.8, 4) is 11.3 Å². The van der Waals surface area contributed by atoms with E-state index in [9.17, 15) is 0 Å². The summed E-state index contributed by atoms with van der Waals surface area (Å²) in [7, 11) is 0. The molecule has 2 aromatic carbocycles. The Morgan fingerprint density at radius 1 is 1.00 bits per heavy atom. The van der Waals surface area contributed by atoms with Crippen LogP contribution in [0.15, 0.2) is 42.5 Å². The van der Waals surface area contributed by atoms with E-state index in [2.05, 4.69) is 54.4 Å². The third kappa shape index (κ3) is 1.28. The van der Waals surface area contributed by atoms with E-state index in [-0.39, 0.29) is 0 Å². The highest BCUT2D eigenvalue weighted by Gasteiger charge is 2.19. The molecule has 0 saturated carbocycles. The van der Waals surface area contributed by atoms with Gasteiger partial charge in [-0.1, -0.05) is 35.9 Å². The largest absolute Gasteiger partial charge is 0.354 e. The molecular formula is C17H15N. The Labute approximate surface area is 106 Å². The SMILES string of the molecule is Cc1ccc2[nH]c3c(c2c1)CCc1ccccc1-3. The summed E-state index contributed by atoms with van der Waals surface area (Å²) >= 11 is 0. The Kier molecular flexibility index (Phi) is 1.93. The zero-order chi connectivity index (χ0) is 12.1. The first-order valence-electron chi connectivity index (χ1n) is 6.52. The number of fused-ring (bicyclic) bond motifs is 5. The predicted molar refractivity (Wildman–Crippen MR) is 75.9 cm³/mol. The first kappa shape index (κ1) is 9.95. The van der Waals surface area contributed by atoms with Gasteiger partial charge < -0.3 is 4.98 Å². The molecule has 1 aliphatic rings. The number of benzene rings is 2. The van der Waals surface area contributed by atoms with Crippen LogP contribution in [-0.4, -0.2) is 4.98 Å². The zero-order valence-electron chi connectivity index (χ0n) is 10.5. The molecular weight excluding hydrogens is 218 g/mol. The molecule has 1 N–H and O–H groups in total. The van der Waals surface area contributed by atoms with Gasteiger partial charge in [0.2, 0.25) is 0 Å². The number of rotatable bonds is 0. The van der Waals surface area contributed by atoms with Crippen LogP contribution >= 0.6 is 0 Å². The van der Waals surface area contributed by atoms with Gasteiger partial charge in [0.15, 0.2) is 0 Å². The standard InChI is InChI=1S/C17H15N/c1-11-6-9-16-15(10-11)14-8-7-12-4-2-3-5-13(12)17(14)18-16/h2-6,9-10,18H,7-8H2,1H3. The molecule has 1 nitrogen and oxygen atoms in total. The maximum Gasteiger partial charge on any atom is 0.0500 e. The Balaban J connectivity index is 2.08. The van der Waals surface area contributed by atoms with Gasteiger partial charge in [-0.05, 0) is 43.0 Å². The van der Waals surface area contributed by atoms with Crippen LogP contribution < -0.4 is 0 Å². The van der Waals surface area contributed by atoms with E-state index in [4.69, 9.17) is 0 Å². The Morgan fingerprint density at radius 3 is 2.83 bits per heavy atom. The highest BCUT2D eigenvalue weighted by molar-refractivity contribution is 5.92. The average molecular weight is 233 g/mol. The molecule has 0 unspecified atom stereocenters. The molecule has 0 fully saturated rings. The second-order valence-electron chi connectivity index (χ2n) is 5.18. The summed E-state index contributed by atoms with van der Waals surface area (Å²) in [5.41, 5.74) is 8.27. The molecule has 1 aliphatic carbocycles. The Bertz CT molecular complexity index is 749. The molecule has 0 amide bonds. The molecule has 0 bridgehead atoms. The quantitative estimate of drug-likeness (QED) is 0.597. The first-order chi connectivity index (χ1) is 8.83. The highest BCUT2D eigenvalue weighted by Crippen LogP contribution is 2.37. The Morgan fingerprint density at radius 2 is 1.89 bits per heavy atom. The molecule has 3 aromatic rings. The average Bonchev–Trinajstić information content (AvgIpc) is 2.77. The topological polar surface area (TPSA) is 15.8 Å². The first-order valence-corrected chi connectivity index (χ1v) is 6.52. The fraction of sp³-hybridized carbons (Fsp3) is 0.176. The third-order valence-electron chi connectivity index (χ3n) is 3.99. The van der Waals surface area contributed by atoms with Gasteiger partial charge >= 0.3 is 0 Å². The molecule has 88 valence electrons. The number of nitrogens with one attached hydrogen (secondary N) is 1. The van der Waals surface area contributed by atoms with Gasteiger partial charge in [-0.25, -0.2) is 0 Å². The van der Waals surface area contributed by atoms with Crippen LogP contribution in [-0.2, 0) is 12.8 Å². The summed E-state index contributed by atoms with van der Waals surface area (Å²) in [4.78, 5) is 3.60. The van der Waals surface area contributed by atoms with Crippen LogP contribution in [0.4, 0.5) is 0 Å². The van der Waals surface area contributed by atoms with Crippen LogP contribution in [0.1, 0.15) is 16.7 Å². The van der Waals surface area contributed by atoms with Crippen molar-refractivity contribution < 1.29 is 0 Å². The lowest BCUT2D eigenvalue weighted by atomic mass is 9.89. The monoisotopic (exact) mass is 233 g/mol. The molecule has 0 saturated heterocycles. The molecule has 4 rings (SSSR count). The Hall–Kier alpha value is -2.02. The second-order valence-corrected chi connectivity index (χ2v) is 5.18. The molecule has 1 heteroatoms. The van der Waals surface area contributed by atoms with E-state index in [1.165, 1.54) is 38.9 Å². The minimum absolute atomic E-state index is 1.15. The fourth-order valence-corrected chi connectivity index (χ4v) is 3.09. The van der Waals surface area contributed by atoms with Crippen LogP contribution in [0.5, 0.6) is 0 Å². The number of aryl methyl sites for hydroxylation is 3. The summed E-state index contributed by atoms with van der Waals surface area (Å²) in [6, 6.07) is 15.4. The van der Waals surface area contributed by atoms with Crippen molar-refractivity contribution in [2.75, 3.05) is 0 Å². The van der Waals surface area contributed by atoms with Gasteiger partial charge in [0, 0.05) is 22.2 Å². The van der Waals surface area contributed by atoms with Crippen molar-refractivity contribution >= 4 is 10.9 Å². The molecule has 0 aliphatic heterocycles. The summed E-state index contributed by atoms with van der Waals surface area (Å²) < 4.78 is 0. The minimum atomic E-state index is 1.15. The van der Waals surface area contributed by atoms with E-state index in [0.29, 0.717) is 0 Å². The maximum atomic E-state index is 3.60. The highest BCUT2D eigenvalue weighted by atomic mass is 14.7. The second kappa shape index (κ2) is 3.49.